The van der Waals surface area contributed by atoms with Crippen LogP contribution in [-0.4, -0.2) is 35.4 Å². The van der Waals surface area contributed by atoms with Gasteiger partial charge in [0.25, 0.3) is 0 Å². The van der Waals surface area contributed by atoms with E-state index in [-0.39, 0.29) is 5.54 Å². The lowest BCUT2D eigenvalue weighted by Crippen LogP contribution is -2.24. The molecule has 20 heavy (non-hydrogen) atoms. The number of H-pyrrole nitrogens is 1. The Bertz CT molecular complexity index is 706. The zero-order valence-electron chi connectivity index (χ0n) is 11.6. The fourth-order valence-corrected chi connectivity index (χ4v) is 2.07. The molecule has 0 radical (unpaired) electrons. The number of rotatable bonds is 2. The van der Waals surface area contributed by atoms with Crippen LogP contribution in [0.2, 0.25) is 0 Å². The van der Waals surface area contributed by atoms with Gasteiger partial charge in [0.15, 0.2) is 5.82 Å². The van der Waals surface area contributed by atoms with Crippen LogP contribution in [0.15, 0.2) is 30.6 Å². The van der Waals surface area contributed by atoms with Crippen LogP contribution >= 0.6 is 0 Å². The van der Waals surface area contributed by atoms with Crippen LogP contribution in [0.3, 0.4) is 0 Å². The lowest BCUT2D eigenvalue weighted by Gasteiger charge is -2.21. The molecule has 2 heterocycles. The largest absolute Gasteiger partial charge is 0.240 e. The molecule has 0 unspecified atom stereocenters. The molecule has 0 bridgehead atoms. The van der Waals surface area contributed by atoms with Crippen LogP contribution in [0.4, 0.5) is 0 Å². The molecule has 0 atom stereocenters. The van der Waals surface area contributed by atoms with E-state index in [2.05, 4.69) is 51.5 Å². The molecule has 3 rings (SSSR count). The monoisotopic (exact) mass is 269 g/mol. The minimum absolute atomic E-state index is 0.157. The van der Waals surface area contributed by atoms with Gasteiger partial charge in [-0.1, -0.05) is 24.3 Å². The van der Waals surface area contributed by atoms with Gasteiger partial charge in [0.05, 0.1) is 5.54 Å². The average molecular weight is 269 g/mol. The summed E-state index contributed by atoms with van der Waals surface area (Å²) in [5.41, 5.74) is 1.65. The minimum atomic E-state index is -0.157. The van der Waals surface area contributed by atoms with E-state index in [0.717, 1.165) is 17.0 Å². The maximum Gasteiger partial charge on any atom is 0.205 e. The van der Waals surface area contributed by atoms with Crippen molar-refractivity contribution >= 4 is 0 Å². The Morgan fingerprint density at radius 1 is 1.10 bits per heavy atom. The molecule has 7 nitrogen and oxygen atoms in total. The molecule has 7 heteroatoms. The molecule has 102 valence electrons. The fraction of sp³-hybridized carbons (Fsp3) is 0.308. The normalized spacial score (nSPS) is 11.8. The van der Waals surface area contributed by atoms with Crippen LogP contribution < -0.4 is 0 Å². The summed E-state index contributed by atoms with van der Waals surface area (Å²) in [5.74, 6) is 1.34. The molecule has 0 spiro atoms. The number of nitrogens with zero attached hydrogens (tertiary/aromatic N) is 6. The van der Waals surface area contributed by atoms with E-state index in [1.807, 2.05) is 28.9 Å². The highest BCUT2D eigenvalue weighted by molar-refractivity contribution is 5.76. The molecular weight excluding hydrogens is 254 g/mol. The van der Waals surface area contributed by atoms with E-state index >= 15 is 0 Å². The third-order valence-electron chi connectivity index (χ3n) is 2.94. The highest BCUT2D eigenvalue weighted by atomic mass is 15.5. The average Bonchev–Trinajstić information content (AvgIpc) is 3.09. The van der Waals surface area contributed by atoms with Crippen LogP contribution in [-0.2, 0) is 5.54 Å². The van der Waals surface area contributed by atoms with E-state index in [9.17, 15) is 0 Å². The van der Waals surface area contributed by atoms with Crippen molar-refractivity contribution in [3.8, 4) is 22.8 Å². The van der Waals surface area contributed by atoms with E-state index in [0.29, 0.717) is 5.82 Å². The molecule has 1 N–H and O–H groups in total. The minimum Gasteiger partial charge on any atom is -0.240 e. The Morgan fingerprint density at radius 2 is 1.85 bits per heavy atom. The highest BCUT2D eigenvalue weighted by Gasteiger charge is 2.22. The van der Waals surface area contributed by atoms with Crippen molar-refractivity contribution < 1.29 is 0 Å². The number of aromatic amines is 1. The molecule has 0 saturated carbocycles. The van der Waals surface area contributed by atoms with Crippen molar-refractivity contribution in [2.75, 3.05) is 0 Å². The highest BCUT2D eigenvalue weighted by Crippen LogP contribution is 2.30. The Balaban J connectivity index is 2.20. The summed E-state index contributed by atoms with van der Waals surface area (Å²) in [5, 5.41) is 18.5. The lowest BCUT2D eigenvalue weighted by molar-refractivity contribution is 0.359. The second kappa shape index (κ2) is 4.52. The SMILES string of the molecule is CC(C)(C)n1ncnc1-c1ccccc1-c1nn[nH]n1. The number of hydrogen-bond acceptors (Lipinski definition) is 5. The summed E-state index contributed by atoms with van der Waals surface area (Å²) in [7, 11) is 0. The van der Waals surface area contributed by atoms with E-state index in [1.54, 1.807) is 6.33 Å². The van der Waals surface area contributed by atoms with Crippen molar-refractivity contribution in [2.45, 2.75) is 26.3 Å². The maximum absolute atomic E-state index is 4.39. The van der Waals surface area contributed by atoms with E-state index in [1.165, 1.54) is 0 Å². The number of hydrogen-bond donors (Lipinski definition) is 1. The zero-order chi connectivity index (χ0) is 14.2. The number of benzene rings is 1. The maximum atomic E-state index is 4.39. The summed E-state index contributed by atoms with van der Waals surface area (Å²) in [6.07, 6.45) is 1.56. The summed E-state index contributed by atoms with van der Waals surface area (Å²) in [6, 6.07) is 7.83. The lowest BCUT2D eigenvalue weighted by atomic mass is 10.0. The third-order valence-corrected chi connectivity index (χ3v) is 2.94. The Morgan fingerprint density at radius 3 is 2.50 bits per heavy atom. The first-order chi connectivity index (χ1) is 9.57. The van der Waals surface area contributed by atoms with Gasteiger partial charge in [-0.2, -0.15) is 10.3 Å². The molecule has 0 fully saturated rings. The van der Waals surface area contributed by atoms with Crippen LogP contribution in [0.1, 0.15) is 20.8 Å². The summed E-state index contributed by atoms with van der Waals surface area (Å²) in [4.78, 5) is 4.39. The van der Waals surface area contributed by atoms with Gasteiger partial charge >= 0.3 is 0 Å². The Kier molecular flexibility index (Phi) is 2.81. The first-order valence-electron chi connectivity index (χ1n) is 6.31. The van der Waals surface area contributed by atoms with Crippen molar-refractivity contribution in [3.63, 3.8) is 0 Å². The van der Waals surface area contributed by atoms with Gasteiger partial charge in [0.2, 0.25) is 5.82 Å². The van der Waals surface area contributed by atoms with E-state index in [4.69, 9.17) is 0 Å². The van der Waals surface area contributed by atoms with Gasteiger partial charge in [-0.25, -0.2) is 9.67 Å². The third kappa shape index (κ3) is 2.07. The van der Waals surface area contributed by atoms with Crippen LogP contribution in [0.25, 0.3) is 22.8 Å². The summed E-state index contributed by atoms with van der Waals surface area (Å²) >= 11 is 0. The Labute approximate surface area is 116 Å². The molecule has 1 aromatic carbocycles. The standard InChI is InChI=1S/C13H15N7/c1-13(2,3)20-12(14-8-15-20)10-7-5-4-6-9(10)11-16-18-19-17-11/h4-8H,1-3H3,(H,16,17,18,19). The first-order valence-corrected chi connectivity index (χ1v) is 6.31. The fourth-order valence-electron chi connectivity index (χ4n) is 2.07. The van der Waals surface area contributed by atoms with Crippen molar-refractivity contribution in [1.82, 2.24) is 35.4 Å². The number of nitrogens with one attached hydrogen (secondary N) is 1. The van der Waals surface area contributed by atoms with Crippen LogP contribution in [0.5, 0.6) is 0 Å². The van der Waals surface area contributed by atoms with Gasteiger partial charge in [-0.15, -0.1) is 10.2 Å². The van der Waals surface area contributed by atoms with Gasteiger partial charge in [-0.05, 0) is 26.0 Å². The quantitative estimate of drug-likeness (QED) is 0.767. The molecular formula is C13H15N7. The Hall–Kier alpha value is -2.57. The van der Waals surface area contributed by atoms with E-state index < -0.39 is 0 Å². The predicted octanol–water partition coefficient (Wildman–Crippen LogP) is 1.88. The molecule has 3 aromatic rings. The topological polar surface area (TPSA) is 85.2 Å². The molecule has 0 aliphatic heterocycles. The summed E-state index contributed by atoms with van der Waals surface area (Å²) < 4.78 is 1.89. The second-order valence-electron chi connectivity index (χ2n) is 5.45. The van der Waals surface area contributed by atoms with Crippen LogP contribution in [0, 0.1) is 0 Å². The summed E-state index contributed by atoms with van der Waals surface area (Å²) in [6.45, 7) is 6.26. The van der Waals surface area contributed by atoms with Gasteiger partial charge in [0.1, 0.15) is 6.33 Å². The van der Waals surface area contributed by atoms with Crippen molar-refractivity contribution in [2.24, 2.45) is 0 Å². The number of aromatic nitrogens is 7. The molecule has 2 aromatic heterocycles. The second-order valence-corrected chi connectivity index (χ2v) is 5.45. The van der Waals surface area contributed by atoms with Gasteiger partial charge < -0.3 is 0 Å². The number of tetrazole rings is 1. The smallest absolute Gasteiger partial charge is 0.205 e. The predicted molar refractivity (Wildman–Crippen MR) is 73.6 cm³/mol. The first kappa shape index (κ1) is 12.5. The van der Waals surface area contributed by atoms with Crippen molar-refractivity contribution in [3.05, 3.63) is 30.6 Å². The van der Waals surface area contributed by atoms with Gasteiger partial charge in [-0.3, -0.25) is 0 Å². The molecule has 0 aliphatic rings. The molecule has 0 amide bonds. The molecule has 0 saturated heterocycles. The molecule has 0 aliphatic carbocycles. The zero-order valence-corrected chi connectivity index (χ0v) is 11.6. The van der Waals surface area contributed by atoms with Gasteiger partial charge in [0, 0.05) is 11.1 Å². The van der Waals surface area contributed by atoms with Crippen molar-refractivity contribution in [1.29, 1.82) is 0 Å².